The summed E-state index contributed by atoms with van der Waals surface area (Å²) in [7, 11) is -1.66. The molecule has 0 aliphatic carbocycles. The Kier molecular flexibility index (Phi) is 3.50. The third-order valence-electron chi connectivity index (χ3n) is 3.99. The van der Waals surface area contributed by atoms with Gasteiger partial charge in [-0.2, -0.15) is 0 Å². The molecule has 22 heavy (non-hydrogen) atoms. The Morgan fingerprint density at radius 1 is 1.50 bits per heavy atom. The summed E-state index contributed by atoms with van der Waals surface area (Å²) in [6.45, 7) is 0.616. The first-order valence-electron chi connectivity index (χ1n) is 6.88. The van der Waals surface area contributed by atoms with E-state index in [9.17, 15) is 10.00 Å². The molecule has 3 unspecified atom stereocenters. The summed E-state index contributed by atoms with van der Waals surface area (Å²) in [5.41, 5.74) is 0.704. The van der Waals surface area contributed by atoms with E-state index in [2.05, 4.69) is 27.9 Å². The molecule has 3 aliphatic heterocycles. The molecule has 3 N–H and O–H groups in total. The second-order valence-electron chi connectivity index (χ2n) is 5.55. The van der Waals surface area contributed by atoms with Crippen molar-refractivity contribution in [2.24, 2.45) is 0 Å². The van der Waals surface area contributed by atoms with Gasteiger partial charge >= 0.3 is 133 Å². The van der Waals surface area contributed by atoms with E-state index in [0.29, 0.717) is 23.2 Å². The number of anilines is 2. The number of thiol groups is 1. The fourth-order valence-corrected chi connectivity index (χ4v) is 4.54. The molecule has 3 aliphatic rings. The van der Waals surface area contributed by atoms with Crippen molar-refractivity contribution in [3.63, 3.8) is 0 Å². The zero-order valence-corrected chi connectivity index (χ0v) is 13.6. The van der Waals surface area contributed by atoms with Gasteiger partial charge in [0.15, 0.2) is 0 Å². The molecule has 4 rings (SSSR count). The Bertz CT molecular complexity index is 613. The van der Waals surface area contributed by atoms with Crippen LogP contribution in [0.4, 0.5) is 11.5 Å². The van der Waals surface area contributed by atoms with Crippen LogP contribution in [0, 0.1) is 0 Å². The van der Waals surface area contributed by atoms with Crippen LogP contribution in [0.5, 0.6) is 0 Å². The topological polar surface area (TPSA) is 109 Å². The van der Waals surface area contributed by atoms with Crippen LogP contribution in [0.15, 0.2) is 11.4 Å². The van der Waals surface area contributed by atoms with Crippen molar-refractivity contribution in [1.82, 2.24) is 9.97 Å². The Hall–Kier alpha value is -0.675. The van der Waals surface area contributed by atoms with Crippen LogP contribution >= 0.6 is 20.5 Å². The van der Waals surface area contributed by atoms with E-state index in [1.807, 2.05) is 0 Å². The third kappa shape index (κ3) is 2.28. The van der Waals surface area contributed by atoms with Gasteiger partial charge in [0.2, 0.25) is 0 Å². The molecular formula is C10H16BN4O5PS. The quantitative estimate of drug-likeness (QED) is 0.209. The first-order valence-corrected chi connectivity index (χ1v) is 9.59. The molecule has 2 fully saturated rings. The number of aliphatic hydroxyl groups excluding tert-OH is 1. The van der Waals surface area contributed by atoms with Crippen molar-refractivity contribution in [1.29, 1.82) is 0 Å². The van der Waals surface area contributed by atoms with Crippen molar-refractivity contribution in [2.75, 3.05) is 23.5 Å². The second-order valence-corrected chi connectivity index (χ2v) is 8.29. The van der Waals surface area contributed by atoms with Crippen molar-refractivity contribution in [3.8, 4) is 0 Å². The molecule has 2 saturated heterocycles. The molecule has 0 aromatic carbocycles. The summed E-state index contributed by atoms with van der Waals surface area (Å²) in [5.74, 6) is 0.618. The van der Waals surface area contributed by atoms with Crippen molar-refractivity contribution in [2.45, 2.75) is 29.6 Å². The summed E-state index contributed by atoms with van der Waals surface area (Å²) < 4.78 is 16.7. The fourth-order valence-electron chi connectivity index (χ4n) is 2.97. The van der Waals surface area contributed by atoms with Crippen LogP contribution in [-0.2, 0) is 13.8 Å². The Morgan fingerprint density at radius 3 is 3.14 bits per heavy atom. The molecule has 9 nitrogen and oxygen atoms in total. The van der Waals surface area contributed by atoms with Crippen LogP contribution in [0.3, 0.4) is 0 Å². The monoisotopic (exact) mass is 346 g/mol. The number of aliphatic hydroxyl groups is 1. The molecule has 12 heteroatoms. The van der Waals surface area contributed by atoms with E-state index in [-0.39, 0.29) is 6.61 Å². The van der Waals surface area contributed by atoms with Crippen LogP contribution in [0.25, 0.3) is 0 Å². The van der Waals surface area contributed by atoms with Crippen LogP contribution in [0.1, 0.15) is 0 Å². The molecule has 0 bridgehead atoms. The predicted molar refractivity (Wildman–Crippen MR) is 84.8 cm³/mol. The van der Waals surface area contributed by atoms with Gasteiger partial charge in [0.1, 0.15) is 0 Å². The molecule has 0 saturated carbocycles. The number of aromatic nitrogens is 2. The Morgan fingerprint density at radius 2 is 2.32 bits per heavy atom. The summed E-state index contributed by atoms with van der Waals surface area (Å²) in [6.07, 6.45) is -1.18. The van der Waals surface area contributed by atoms with E-state index in [0.717, 1.165) is 0 Å². The van der Waals surface area contributed by atoms with E-state index < -0.39 is 32.4 Å². The number of nitrogens with one attached hydrogen (secondary N) is 1. The summed E-state index contributed by atoms with van der Waals surface area (Å²) >= 11 is 4.28. The number of fused-ring (bicyclic) bond motifs is 2. The molecule has 0 spiro atoms. The van der Waals surface area contributed by atoms with Crippen LogP contribution < -0.4 is 10.2 Å². The maximum atomic E-state index is 10.5. The zero-order valence-electron chi connectivity index (χ0n) is 11.7. The van der Waals surface area contributed by atoms with Gasteiger partial charge in [0.25, 0.3) is 0 Å². The SMILES string of the molecule is B[PH]1(O)OCC2OC(N3CNc4c(S)ncnc43)C(O)[C@@H]2O1. The Balaban J connectivity index is 1.60. The van der Waals surface area contributed by atoms with E-state index in [4.69, 9.17) is 13.8 Å². The van der Waals surface area contributed by atoms with Gasteiger partial charge in [-0.05, 0) is 0 Å². The van der Waals surface area contributed by atoms with Gasteiger partial charge in [-0.1, -0.05) is 0 Å². The summed E-state index contributed by atoms with van der Waals surface area (Å²) in [4.78, 5) is 20.0. The molecular weight excluding hydrogens is 330 g/mol. The minimum absolute atomic E-state index is 0.202. The number of rotatable bonds is 1. The van der Waals surface area contributed by atoms with Crippen molar-refractivity contribution in [3.05, 3.63) is 6.33 Å². The number of hydrogen-bond acceptors (Lipinski definition) is 10. The Labute approximate surface area is 133 Å². The van der Waals surface area contributed by atoms with Crippen LogP contribution in [-0.4, -0.2) is 65.3 Å². The third-order valence-corrected chi connectivity index (χ3v) is 5.74. The van der Waals surface area contributed by atoms with Gasteiger partial charge in [-0.3, -0.25) is 0 Å². The van der Waals surface area contributed by atoms with Crippen LogP contribution in [0.2, 0.25) is 0 Å². The molecule has 1 aromatic heterocycles. The van der Waals surface area contributed by atoms with E-state index >= 15 is 0 Å². The zero-order chi connectivity index (χ0) is 15.5. The first kappa shape index (κ1) is 14.9. The standard InChI is InChI=1S/C10H16BN4O5PS/c11-21(17)18-1-4-7(20-21)6(16)10(19-4)15-3-14-5-8(15)12-2-13-9(5)22/h2,4,6-7,10,14,16-17,21H,1,3,11H2,(H,12,13,22)/t4?,6?,7-,10?/m1/s1. The normalized spacial score (nSPS) is 37.3. The second kappa shape index (κ2) is 5.17. The average molecular weight is 346 g/mol. The van der Waals surface area contributed by atoms with Gasteiger partial charge in [-0.25, -0.2) is 0 Å². The number of nitrogens with zero attached hydrogens (tertiary/aromatic N) is 3. The van der Waals surface area contributed by atoms with Crippen molar-refractivity contribution < 1.29 is 23.8 Å². The molecule has 4 heterocycles. The van der Waals surface area contributed by atoms with Gasteiger partial charge in [0.05, 0.1) is 0 Å². The fraction of sp³-hybridized carbons (Fsp3) is 0.600. The van der Waals surface area contributed by atoms with Gasteiger partial charge in [0, 0.05) is 0 Å². The first-order chi connectivity index (χ1) is 10.5. The van der Waals surface area contributed by atoms with Crippen molar-refractivity contribution >= 4 is 39.5 Å². The van der Waals surface area contributed by atoms with E-state index in [1.165, 1.54) is 13.9 Å². The predicted octanol–water partition coefficient (Wildman–Crippen LogP) is -1.51. The number of ether oxygens (including phenoxy) is 1. The molecule has 4 atom stereocenters. The average Bonchev–Trinajstić information content (AvgIpc) is 3.01. The molecule has 0 radical (unpaired) electrons. The minimum atomic E-state index is -3.18. The summed E-state index contributed by atoms with van der Waals surface area (Å²) in [5, 5.41) is 14.2. The molecule has 1 aromatic rings. The maximum absolute atomic E-state index is 10.5. The summed E-state index contributed by atoms with van der Waals surface area (Å²) in [6, 6.07) is 0. The van der Waals surface area contributed by atoms with Gasteiger partial charge < -0.3 is 0 Å². The molecule has 0 amide bonds. The van der Waals surface area contributed by atoms with Gasteiger partial charge in [-0.15, -0.1) is 0 Å². The number of hydrogen-bond donors (Lipinski definition) is 4. The molecule has 120 valence electrons. The van der Waals surface area contributed by atoms with E-state index in [1.54, 1.807) is 4.90 Å².